The minimum atomic E-state index is 0.521. The van der Waals surface area contributed by atoms with Crippen LogP contribution >= 0.6 is 23.2 Å². The molecule has 0 saturated heterocycles. The van der Waals surface area contributed by atoms with E-state index in [4.69, 9.17) is 28.5 Å². The Balaban J connectivity index is 2.40. The van der Waals surface area contributed by atoms with Crippen LogP contribution < -0.4 is 5.32 Å². The molecule has 0 aliphatic rings. The molecule has 4 heteroatoms. The van der Waals surface area contributed by atoms with Crippen LogP contribution in [0.4, 0.5) is 11.4 Å². The van der Waals surface area contributed by atoms with Crippen molar-refractivity contribution < 1.29 is 0 Å². The summed E-state index contributed by atoms with van der Waals surface area (Å²) in [5.41, 5.74) is 3.11. The number of nitrogens with one attached hydrogen (secondary N) is 1. The number of nitriles is 1. The monoisotopic (exact) mass is 276 g/mol. The molecular weight excluding hydrogens is 267 g/mol. The van der Waals surface area contributed by atoms with Crippen LogP contribution in [0.2, 0.25) is 10.0 Å². The molecule has 2 aromatic carbocycles. The molecule has 0 aliphatic heterocycles. The fourth-order valence-electron chi connectivity index (χ4n) is 1.59. The Morgan fingerprint density at radius 3 is 2.50 bits per heavy atom. The molecule has 90 valence electrons. The van der Waals surface area contributed by atoms with Gasteiger partial charge in [0.1, 0.15) is 6.07 Å². The van der Waals surface area contributed by atoms with Crippen molar-refractivity contribution in [2.24, 2.45) is 0 Å². The summed E-state index contributed by atoms with van der Waals surface area (Å²) >= 11 is 11.9. The summed E-state index contributed by atoms with van der Waals surface area (Å²) in [5.74, 6) is 0. The minimum absolute atomic E-state index is 0.521. The molecule has 0 fully saturated rings. The lowest BCUT2D eigenvalue weighted by atomic mass is 10.1. The number of nitrogens with zero attached hydrogens (tertiary/aromatic N) is 1. The zero-order valence-corrected chi connectivity index (χ0v) is 11.2. The standard InChI is InChI=1S/C14H10Cl2N2/c1-9-2-3-10(8-17)14(6-9)18-13-5-4-11(15)7-12(13)16/h2-7,18H,1H3. The molecule has 0 spiro atoms. The van der Waals surface area contributed by atoms with E-state index in [-0.39, 0.29) is 0 Å². The summed E-state index contributed by atoms with van der Waals surface area (Å²) in [6.45, 7) is 1.97. The topological polar surface area (TPSA) is 35.8 Å². The molecule has 0 saturated carbocycles. The predicted octanol–water partition coefficient (Wildman–Crippen LogP) is 4.92. The highest BCUT2D eigenvalue weighted by molar-refractivity contribution is 6.36. The van der Waals surface area contributed by atoms with Gasteiger partial charge in [-0.25, -0.2) is 0 Å². The average Bonchev–Trinajstić information content (AvgIpc) is 2.33. The maximum atomic E-state index is 9.06. The van der Waals surface area contributed by atoms with Gasteiger partial charge in [-0.3, -0.25) is 0 Å². The summed E-state index contributed by atoms with van der Waals surface area (Å²) in [7, 11) is 0. The van der Waals surface area contributed by atoms with Crippen molar-refractivity contribution >= 4 is 34.6 Å². The third-order valence-corrected chi connectivity index (χ3v) is 3.04. The van der Waals surface area contributed by atoms with E-state index in [9.17, 15) is 0 Å². The van der Waals surface area contributed by atoms with Crippen molar-refractivity contribution in [3.05, 3.63) is 57.6 Å². The van der Waals surface area contributed by atoms with Gasteiger partial charge in [0.05, 0.1) is 22.0 Å². The number of benzene rings is 2. The summed E-state index contributed by atoms with van der Waals surface area (Å²) in [6.07, 6.45) is 0. The SMILES string of the molecule is Cc1ccc(C#N)c(Nc2ccc(Cl)cc2Cl)c1. The number of aryl methyl sites for hydroxylation is 1. The Bertz CT molecular complexity index is 630. The largest absolute Gasteiger partial charge is 0.353 e. The van der Waals surface area contributed by atoms with E-state index in [0.29, 0.717) is 15.6 Å². The van der Waals surface area contributed by atoms with E-state index >= 15 is 0 Å². The first kappa shape index (κ1) is 12.8. The second kappa shape index (κ2) is 5.30. The Labute approximate surface area is 116 Å². The van der Waals surface area contributed by atoms with E-state index in [1.54, 1.807) is 24.3 Å². The second-order valence-electron chi connectivity index (χ2n) is 3.91. The molecule has 1 N–H and O–H groups in total. The molecule has 0 aliphatic carbocycles. The highest BCUT2D eigenvalue weighted by Crippen LogP contribution is 2.29. The molecule has 0 heterocycles. The molecule has 18 heavy (non-hydrogen) atoms. The quantitative estimate of drug-likeness (QED) is 0.845. The summed E-state index contributed by atoms with van der Waals surface area (Å²) in [5, 5.41) is 13.3. The van der Waals surface area contributed by atoms with Gasteiger partial charge in [0.2, 0.25) is 0 Å². The molecule has 0 atom stereocenters. The molecule has 0 radical (unpaired) electrons. The van der Waals surface area contributed by atoms with Gasteiger partial charge in [0, 0.05) is 5.02 Å². The van der Waals surface area contributed by atoms with Gasteiger partial charge in [0.15, 0.2) is 0 Å². The zero-order valence-electron chi connectivity index (χ0n) is 9.67. The molecule has 2 nitrogen and oxygen atoms in total. The van der Waals surface area contributed by atoms with Gasteiger partial charge in [0.25, 0.3) is 0 Å². The number of halogens is 2. The highest BCUT2D eigenvalue weighted by Gasteiger charge is 2.06. The van der Waals surface area contributed by atoms with Crippen LogP contribution in [-0.4, -0.2) is 0 Å². The van der Waals surface area contributed by atoms with Crippen LogP contribution in [0.15, 0.2) is 36.4 Å². The average molecular weight is 277 g/mol. The van der Waals surface area contributed by atoms with Crippen molar-refractivity contribution in [1.82, 2.24) is 0 Å². The third kappa shape index (κ3) is 2.76. The fourth-order valence-corrected chi connectivity index (χ4v) is 2.05. The summed E-state index contributed by atoms with van der Waals surface area (Å²) in [4.78, 5) is 0. The van der Waals surface area contributed by atoms with E-state index in [0.717, 1.165) is 16.9 Å². The second-order valence-corrected chi connectivity index (χ2v) is 4.75. The van der Waals surface area contributed by atoms with Crippen molar-refractivity contribution in [3.63, 3.8) is 0 Å². The van der Waals surface area contributed by atoms with Crippen LogP contribution in [0, 0.1) is 18.3 Å². The van der Waals surface area contributed by atoms with Crippen molar-refractivity contribution in [1.29, 1.82) is 5.26 Å². The maximum absolute atomic E-state index is 9.06. The highest BCUT2D eigenvalue weighted by atomic mass is 35.5. The Morgan fingerprint density at radius 1 is 1.06 bits per heavy atom. The van der Waals surface area contributed by atoms with Crippen molar-refractivity contribution in [2.45, 2.75) is 6.92 Å². The normalized spacial score (nSPS) is 9.89. The van der Waals surface area contributed by atoms with Gasteiger partial charge < -0.3 is 5.32 Å². The van der Waals surface area contributed by atoms with Gasteiger partial charge in [-0.2, -0.15) is 5.26 Å². The van der Waals surface area contributed by atoms with Crippen LogP contribution in [0.3, 0.4) is 0 Å². The first-order valence-electron chi connectivity index (χ1n) is 5.33. The first-order chi connectivity index (χ1) is 8.60. The Hall–Kier alpha value is -1.69. The molecule has 2 rings (SSSR count). The van der Waals surface area contributed by atoms with Gasteiger partial charge in [-0.05, 0) is 42.8 Å². The molecule has 0 aromatic heterocycles. The molecule has 0 bridgehead atoms. The Kier molecular flexibility index (Phi) is 3.76. The minimum Gasteiger partial charge on any atom is -0.353 e. The number of anilines is 2. The van der Waals surface area contributed by atoms with Crippen molar-refractivity contribution in [2.75, 3.05) is 5.32 Å². The molecular formula is C14H10Cl2N2. The van der Waals surface area contributed by atoms with E-state index in [1.807, 2.05) is 19.1 Å². The van der Waals surface area contributed by atoms with E-state index in [1.165, 1.54) is 0 Å². The van der Waals surface area contributed by atoms with Gasteiger partial charge in [-0.1, -0.05) is 29.3 Å². The van der Waals surface area contributed by atoms with Crippen molar-refractivity contribution in [3.8, 4) is 6.07 Å². The predicted molar refractivity (Wildman–Crippen MR) is 75.6 cm³/mol. The summed E-state index contributed by atoms with van der Waals surface area (Å²) < 4.78 is 0. The van der Waals surface area contributed by atoms with Gasteiger partial charge in [-0.15, -0.1) is 0 Å². The fraction of sp³-hybridized carbons (Fsp3) is 0.0714. The lowest BCUT2D eigenvalue weighted by molar-refractivity contribution is 1.41. The molecule has 2 aromatic rings. The molecule has 0 unspecified atom stereocenters. The Morgan fingerprint density at radius 2 is 1.83 bits per heavy atom. The van der Waals surface area contributed by atoms with Crippen LogP contribution in [0.5, 0.6) is 0 Å². The van der Waals surface area contributed by atoms with Crippen LogP contribution in [0.25, 0.3) is 0 Å². The van der Waals surface area contributed by atoms with E-state index < -0.39 is 0 Å². The van der Waals surface area contributed by atoms with E-state index in [2.05, 4.69) is 11.4 Å². The zero-order chi connectivity index (χ0) is 13.1. The third-order valence-electron chi connectivity index (χ3n) is 2.50. The lowest BCUT2D eigenvalue weighted by Crippen LogP contribution is -1.95. The molecule has 0 amide bonds. The van der Waals surface area contributed by atoms with Gasteiger partial charge >= 0.3 is 0 Å². The number of hydrogen-bond acceptors (Lipinski definition) is 2. The maximum Gasteiger partial charge on any atom is 0.101 e. The van der Waals surface area contributed by atoms with Crippen LogP contribution in [-0.2, 0) is 0 Å². The number of hydrogen-bond donors (Lipinski definition) is 1. The first-order valence-corrected chi connectivity index (χ1v) is 6.08. The van der Waals surface area contributed by atoms with Crippen LogP contribution in [0.1, 0.15) is 11.1 Å². The summed E-state index contributed by atoms with van der Waals surface area (Å²) in [6, 6.07) is 12.9. The lowest BCUT2D eigenvalue weighted by Gasteiger charge is -2.10. The smallest absolute Gasteiger partial charge is 0.101 e. The number of rotatable bonds is 2.